The van der Waals surface area contributed by atoms with Crippen LogP contribution in [0.25, 0.3) is 0 Å². The molecule has 5 heteroatoms. The molecule has 19 heavy (non-hydrogen) atoms. The summed E-state index contributed by atoms with van der Waals surface area (Å²) in [6, 6.07) is 5.77. The van der Waals surface area contributed by atoms with Gasteiger partial charge in [-0.25, -0.2) is 4.98 Å². The highest BCUT2D eigenvalue weighted by Gasteiger charge is 2.06. The molecule has 0 aliphatic carbocycles. The molecule has 5 nitrogen and oxygen atoms in total. The van der Waals surface area contributed by atoms with E-state index in [1.807, 2.05) is 35.3 Å². The van der Waals surface area contributed by atoms with Gasteiger partial charge in [-0.3, -0.25) is 0 Å². The number of benzene rings is 1. The van der Waals surface area contributed by atoms with Crippen molar-refractivity contribution in [2.24, 2.45) is 5.73 Å². The molecule has 0 unspecified atom stereocenters. The van der Waals surface area contributed by atoms with E-state index in [0.29, 0.717) is 13.1 Å². The largest absolute Gasteiger partial charge is 0.497 e. The molecule has 0 spiro atoms. The summed E-state index contributed by atoms with van der Waals surface area (Å²) < 4.78 is 12.6. The fourth-order valence-electron chi connectivity index (χ4n) is 1.97. The third kappa shape index (κ3) is 3.26. The number of hydrogen-bond acceptors (Lipinski definition) is 4. The van der Waals surface area contributed by atoms with E-state index in [2.05, 4.69) is 4.98 Å². The maximum atomic E-state index is 5.52. The van der Waals surface area contributed by atoms with Crippen molar-refractivity contribution in [3.05, 3.63) is 42.0 Å². The molecule has 1 aromatic carbocycles. The van der Waals surface area contributed by atoms with Crippen LogP contribution < -0.4 is 15.2 Å². The second-order valence-corrected chi connectivity index (χ2v) is 4.25. The molecule has 0 aliphatic heterocycles. The van der Waals surface area contributed by atoms with Gasteiger partial charge in [0.25, 0.3) is 0 Å². The van der Waals surface area contributed by atoms with Gasteiger partial charge in [-0.2, -0.15) is 0 Å². The van der Waals surface area contributed by atoms with Crippen LogP contribution in [-0.2, 0) is 13.0 Å². The molecule has 1 heterocycles. The van der Waals surface area contributed by atoms with Gasteiger partial charge >= 0.3 is 0 Å². The summed E-state index contributed by atoms with van der Waals surface area (Å²) >= 11 is 0. The molecule has 1 aromatic heterocycles. The van der Waals surface area contributed by atoms with E-state index in [4.69, 9.17) is 15.2 Å². The minimum Gasteiger partial charge on any atom is -0.497 e. The first-order valence-electron chi connectivity index (χ1n) is 6.18. The number of methoxy groups -OCH3 is 2. The molecule has 2 rings (SSSR count). The van der Waals surface area contributed by atoms with Crippen molar-refractivity contribution < 1.29 is 9.47 Å². The zero-order valence-corrected chi connectivity index (χ0v) is 11.3. The summed E-state index contributed by atoms with van der Waals surface area (Å²) in [6.07, 6.45) is 4.61. The van der Waals surface area contributed by atoms with Crippen LogP contribution in [0.2, 0.25) is 0 Å². The monoisotopic (exact) mass is 261 g/mol. The van der Waals surface area contributed by atoms with Gasteiger partial charge in [0.15, 0.2) is 0 Å². The van der Waals surface area contributed by atoms with Gasteiger partial charge in [-0.05, 0) is 24.7 Å². The third-order valence-electron chi connectivity index (χ3n) is 2.93. The average Bonchev–Trinajstić information content (AvgIpc) is 2.86. The molecule has 0 saturated heterocycles. The number of ether oxygens (including phenoxy) is 2. The zero-order valence-electron chi connectivity index (χ0n) is 11.3. The normalized spacial score (nSPS) is 10.5. The van der Waals surface area contributed by atoms with Crippen LogP contribution in [0.5, 0.6) is 11.5 Å². The molecule has 0 aliphatic rings. The Morgan fingerprint density at radius 1 is 1.26 bits per heavy atom. The van der Waals surface area contributed by atoms with Crippen molar-refractivity contribution in [1.29, 1.82) is 0 Å². The van der Waals surface area contributed by atoms with E-state index in [1.165, 1.54) is 0 Å². The smallest absolute Gasteiger partial charge is 0.124 e. The van der Waals surface area contributed by atoms with Crippen LogP contribution in [0.3, 0.4) is 0 Å². The molecular formula is C14H19N3O2. The predicted octanol–water partition coefficient (Wildman–Crippen LogP) is 1.45. The molecule has 0 fully saturated rings. The van der Waals surface area contributed by atoms with E-state index < -0.39 is 0 Å². The lowest BCUT2D eigenvalue weighted by molar-refractivity contribution is 0.397. The Kier molecular flexibility index (Phi) is 4.41. The zero-order chi connectivity index (χ0) is 13.7. The molecule has 102 valence electrons. The molecule has 2 N–H and O–H groups in total. The van der Waals surface area contributed by atoms with Crippen molar-refractivity contribution in [2.75, 3.05) is 20.8 Å². The number of aromatic nitrogens is 2. The fraction of sp³-hybridized carbons (Fsp3) is 0.357. The second kappa shape index (κ2) is 6.24. The van der Waals surface area contributed by atoms with Gasteiger partial charge in [0, 0.05) is 18.2 Å². The van der Waals surface area contributed by atoms with Gasteiger partial charge in [0.1, 0.15) is 11.5 Å². The van der Waals surface area contributed by atoms with Crippen LogP contribution in [0.1, 0.15) is 11.3 Å². The van der Waals surface area contributed by atoms with Crippen LogP contribution in [0.15, 0.2) is 30.7 Å². The summed E-state index contributed by atoms with van der Waals surface area (Å²) in [7, 11) is 3.32. The van der Waals surface area contributed by atoms with Crippen molar-refractivity contribution in [3.63, 3.8) is 0 Å². The minimum absolute atomic E-state index is 0.611. The van der Waals surface area contributed by atoms with Gasteiger partial charge in [-0.15, -0.1) is 0 Å². The van der Waals surface area contributed by atoms with Gasteiger partial charge in [-0.1, -0.05) is 0 Å². The summed E-state index contributed by atoms with van der Waals surface area (Å²) in [4.78, 5) is 4.31. The lowest BCUT2D eigenvalue weighted by atomic mass is 10.2. The first-order valence-corrected chi connectivity index (χ1v) is 6.18. The van der Waals surface area contributed by atoms with Crippen LogP contribution >= 0.6 is 0 Å². The molecule has 0 saturated carbocycles. The highest BCUT2D eigenvalue weighted by Crippen LogP contribution is 2.24. The molecular weight excluding hydrogens is 242 g/mol. The number of rotatable bonds is 6. The van der Waals surface area contributed by atoms with Gasteiger partial charge < -0.3 is 19.8 Å². The fourth-order valence-corrected chi connectivity index (χ4v) is 1.97. The number of hydrogen-bond donors (Lipinski definition) is 1. The number of nitrogens with zero attached hydrogens (tertiary/aromatic N) is 2. The highest BCUT2D eigenvalue weighted by atomic mass is 16.5. The Morgan fingerprint density at radius 2 is 2.11 bits per heavy atom. The Hall–Kier alpha value is -2.01. The third-order valence-corrected chi connectivity index (χ3v) is 2.93. The Bertz CT molecular complexity index is 537. The molecule has 0 amide bonds. The lowest BCUT2D eigenvalue weighted by Gasteiger charge is -2.10. The van der Waals surface area contributed by atoms with Crippen molar-refractivity contribution in [2.45, 2.75) is 13.0 Å². The topological polar surface area (TPSA) is 62.3 Å². The molecule has 0 atom stereocenters. The highest BCUT2D eigenvalue weighted by molar-refractivity contribution is 5.40. The van der Waals surface area contributed by atoms with Gasteiger partial charge in [0.2, 0.25) is 0 Å². The van der Waals surface area contributed by atoms with Crippen molar-refractivity contribution in [1.82, 2.24) is 9.55 Å². The number of imidazole rings is 1. The van der Waals surface area contributed by atoms with E-state index in [-0.39, 0.29) is 0 Å². The summed E-state index contributed by atoms with van der Waals surface area (Å²) in [5.74, 6) is 1.66. The summed E-state index contributed by atoms with van der Waals surface area (Å²) in [6.45, 7) is 1.30. The van der Waals surface area contributed by atoms with Crippen LogP contribution in [0, 0.1) is 0 Å². The SMILES string of the molecule is COc1ccc(OC)c(Cn2cnc(CCN)c2)c1. The summed E-state index contributed by atoms with van der Waals surface area (Å²) in [5, 5.41) is 0. The van der Waals surface area contributed by atoms with Gasteiger partial charge in [0.05, 0.1) is 32.8 Å². The lowest BCUT2D eigenvalue weighted by Crippen LogP contribution is -2.03. The Labute approximate surface area is 113 Å². The quantitative estimate of drug-likeness (QED) is 0.855. The minimum atomic E-state index is 0.611. The van der Waals surface area contributed by atoms with Crippen LogP contribution in [-0.4, -0.2) is 30.3 Å². The number of nitrogens with two attached hydrogens (primary N) is 1. The van der Waals surface area contributed by atoms with Crippen LogP contribution in [0.4, 0.5) is 0 Å². The Morgan fingerprint density at radius 3 is 2.79 bits per heavy atom. The first kappa shape index (κ1) is 13.4. The van der Waals surface area contributed by atoms with Crippen molar-refractivity contribution >= 4 is 0 Å². The molecule has 0 bridgehead atoms. The predicted molar refractivity (Wildman–Crippen MR) is 73.6 cm³/mol. The molecule has 2 aromatic rings. The second-order valence-electron chi connectivity index (χ2n) is 4.25. The summed E-state index contributed by atoms with van der Waals surface area (Å²) in [5.41, 5.74) is 7.58. The maximum absolute atomic E-state index is 5.52. The first-order chi connectivity index (χ1) is 9.26. The van der Waals surface area contributed by atoms with E-state index >= 15 is 0 Å². The maximum Gasteiger partial charge on any atom is 0.124 e. The van der Waals surface area contributed by atoms with E-state index in [0.717, 1.165) is 29.2 Å². The van der Waals surface area contributed by atoms with E-state index in [1.54, 1.807) is 14.2 Å². The average molecular weight is 261 g/mol. The van der Waals surface area contributed by atoms with Crippen molar-refractivity contribution in [3.8, 4) is 11.5 Å². The molecule has 0 radical (unpaired) electrons. The standard InChI is InChI=1S/C14H19N3O2/c1-18-13-3-4-14(19-2)11(7-13)8-17-9-12(5-6-15)16-10-17/h3-4,7,9-10H,5-6,8,15H2,1-2H3. The Balaban J connectivity index is 2.20. The van der Waals surface area contributed by atoms with E-state index in [9.17, 15) is 0 Å².